The van der Waals surface area contributed by atoms with Crippen LogP contribution in [0, 0.1) is 0 Å². The summed E-state index contributed by atoms with van der Waals surface area (Å²) in [7, 11) is 0. The molecule has 1 aliphatic rings. The van der Waals surface area contributed by atoms with Gasteiger partial charge in [-0.3, -0.25) is 4.90 Å². The minimum atomic E-state index is 0.285. The van der Waals surface area contributed by atoms with Crippen molar-refractivity contribution in [1.29, 1.82) is 0 Å². The number of hydrogen-bond donors (Lipinski definition) is 1. The fourth-order valence-corrected chi connectivity index (χ4v) is 1.61. The van der Waals surface area contributed by atoms with Gasteiger partial charge in [0.1, 0.15) is 0 Å². The average molecular weight is 169 g/mol. The molecular formula is C10H19NO. The van der Waals surface area contributed by atoms with E-state index in [9.17, 15) is 0 Å². The van der Waals surface area contributed by atoms with Crippen molar-refractivity contribution >= 4 is 0 Å². The highest BCUT2D eigenvalue weighted by Crippen LogP contribution is 2.24. The average Bonchev–Trinajstić information content (AvgIpc) is 1.97. The molecule has 0 spiro atoms. The predicted molar refractivity (Wildman–Crippen MR) is 51.1 cm³/mol. The van der Waals surface area contributed by atoms with E-state index in [1.54, 1.807) is 0 Å². The summed E-state index contributed by atoms with van der Waals surface area (Å²) in [5.41, 5.74) is 0. The standard InChI is InChI=1S/C10H19NO/c1-2-3-7-11(8-9-12)10-5-4-6-10/h2,10,12H,1,3-9H2. The van der Waals surface area contributed by atoms with Crippen molar-refractivity contribution in [3.8, 4) is 0 Å². The predicted octanol–water partition coefficient (Wildman–Crippen LogP) is 1.41. The summed E-state index contributed by atoms with van der Waals surface area (Å²) >= 11 is 0. The lowest BCUT2D eigenvalue weighted by Crippen LogP contribution is -2.42. The summed E-state index contributed by atoms with van der Waals surface area (Å²) in [5, 5.41) is 8.84. The smallest absolute Gasteiger partial charge is 0.0558 e. The first-order valence-electron chi connectivity index (χ1n) is 4.84. The van der Waals surface area contributed by atoms with E-state index in [0.29, 0.717) is 0 Å². The van der Waals surface area contributed by atoms with E-state index in [2.05, 4.69) is 11.5 Å². The number of rotatable bonds is 6. The van der Waals surface area contributed by atoms with E-state index < -0.39 is 0 Å². The van der Waals surface area contributed by atoms with Crippen molar-refractivity contribution in [2.75, 3.05) is 19.7 Å². The molecule has 70 valence electrons. The summed E-state index contributed by atoms with van der Waals surface area (Å²) in [6.45, 7) is 5.89. The Kier molecular flexibility index (Phi) is 4.33. The highest BCUT2D eigenvalue weighted by atomic mass is 16.3. The van der Waals surface area contributed by atoms with Crippen LogP contribution in [0.2, 0.25) is 0 Å². The Morgan fingerprint density at radius 1 is 1.42 bits per heavy atom. The summed E-state index contributed by atoms with van der Waals surface area (Å²) in [6.07, 6.45) is 6.98. The fourth-order valence-electron chi connectivity index (χ4n) is 1.61. The number of nitrogens with zero attached hydrogens (tertiary/aromatic N) is 1. The minimum Gasteiger partial charge on any atom is -0.395 e. The molecule has 1 fully saturated rings. The Hall–Kier alpha value is -0.340. The Morgan fingerprint density at radius 3 is 2.58 bits per heavy atom. The number of hydrogen-bond acceptors (Lipinski definition) is 2. The third-order valence-electron chi connectivity index (χ3n) is 2.60. The molecule has 0 atom stereocenters. The number of aliphatic hydroxyl groups excluding tert-OH is 1. The molecule has 0 saturated heterocycles. The lowest BCUT2D eigenvalue weighted by atomic mass is 9.91. The van der Waals surface area contributed by atoms with Crippen LogP contribution in [0.5, 0.6) is 0 Å². The van der Waals surface area contributed by atoms with Gasteiger partial charge in [0, 0.05) is 19.1 Å². The highest BCUT2D eigenvalue weighted by Gasteiger charge is 2.23. The van der Waals surface area contributed by atoms with Crippen molar-refractivity contribution in [2.24, 2.45) is 0 Å². The minimum absolute atomic E-state index is 0.285. The largest absolute Gasteiger partial charge is 0.395 e. The molecule has 1 aliphatic carbocycles. The molecule has 0 amide bonds. The summed E-state index contributed by atoms with van der Waals surface area (Å²) in [6, 6.07) is 0.747. The monoisotopic (exact) mass is 169 g/mol. The lowest BCUT2D eigenvalue weighted by Gasteiger charge is -2.37. The van der Waals surface area contributed by atoms with Crippen molar-refractivity contribution in [3.05, 3.63) is 12.7 Å². The van der Waals surface area contributed by atoms with Gasteiger partial charge in [-0.1, -0.05) is 12.5 Å². The van der Waals surface area contributed by atoms with Gasteiger partial charge in [-0.25, -0.2) is 0 Å². The fraction of sp³-hybridized carbons (Fsp3) is 0.800. The molecular weight excluding hydrogens is 150 g/mol. The first kappa shape index (κ1) is 9.75. The molecule has 0 radical (unpaired) electrons. The van der Waals surface area contributed by atoms with Gasteiger partial charge in [-0.15, -0.1) is 6.58 Å². The first-order chi connectivity index (χ1) is 5.88. The maximum Gasteiger partial charge on any atom is 0.0558 e. The molecule has 0 aromatic carbocycles. The Labute approximate surface area is 74.9 Å². The van der Waals surface area contributed by atoms with E-state index >= 15 is 0 Å². The Balaban J connectivity index is 2.21. The molecule has 2 nitrogen and oxygen atoms in total. The Bertz CT molecular complexity index is 132. The lowest BCUT2D eigenvalue weighted by molar-refractivity contribution is 0.103. The zero-order chi connectivity index (χ0) is 8.81. The normalized spacial score (nSPS) is 17.8. The van der Waals surface area contributed by atoms with Gasteiger partial charge < -0.3 is 5.11 Å². The van der Waals surface area contributed by atoms with E-state index in [1.165, 1.54) is 19.3 Å². The molecule has 0 aromatic heterocycles. The summed E-state index contributed by atoms with van der Waals surface area (Å²) < 4.78 is 0. The molecule has 1 rings (SSSR count). The van der Waals surface area contributed by atoms with Crippen molar-refractivity contribution in [3.63, 3.8) is 0 Å². The van der Waals surface area contributed by atoms with Crippen molar-refractivity contribution in [1.82, 2.24) is 4.90 Å². The van der Waals surface area contributed by atoms with Crippen LogP contribution in [0.4, 0.5) is 0 Å². The molecule has 0 unspecified atom stereocenters. The quantitative estimate of drug-likeness (QED) is 0.608. The maximum atomic E-state index is 8.84. The van der Waals surface area contributed by atoms with Crippen LogP contribution in [0.25, 0.3) is 0 Å². The van der Waals surface area contributed by atoms with Gasteiger partial charge in [0.05, 0.1) is 6.61 Å². The third kappa shape index (κ3) is 2.61. The molecule has 1 saturated carbocycles. The molecule has 2 heteroatoms. The van der Waals surface area contributed by atoms with Gasteiger partial charge in [-0.2, -0.15) is 0 Å². The third-order valence-corrected chi connectivity index (χ3v) is 2.60. The number of aliphatic hydroxyl groups is 1. The van der Waals surface area contributed by atoms with Gasteiger partial charge in [0.2, 0.25) is 0 Å². The molecule has 0 aliphatic heterocycles. The van der Waals surface area contributed by atoms with Crippen LogP contribution in [0.3, 0.4) is 0 Å². The highest BCUT2D eigenvalue weighted by molar-refractivity contribution is 4.81. The van der Waals surface area contributed by atoms with Crippen LogP contribution in [-0.2, 0) is 0 Å². The molecule has 0 aromatic rings. The second kappa shape index (κ2) is 5.33. The molecule has 0 heterocycles. The zero-order valence-corrected chi connectivity index (χ0v) is 7.71. The van der Waals surface area contributed by atoms with E-state index in [-0.39, 0.29) is 6.61 Å². The second-order valence-corrected chi connectivity index (χ2v) is 3.42. The van der Waals surface area contributed by atoms with Gasteiger partial charge in [-0.05, 0) is 19.3 Å². The second-order valence-electron chi connectivity index (χ2n) is 3.42. The van der Waals surface area contributed by atoms with Crippen LogP contribution >= 0.6 is 0 Å². The van der Waals surface area contributed by atoms with Gasteiger partial charge in [0.25, 0.3) is 0 Å². The van der Waals surface area contributed by atoms with E-state index in [1.807, 2.05) is 6.08 Å². The van der Waals surface area contributed by atoms with Crippen molar-refractivity contribution in [2.45, 2.75) is 31.7 Å². The van der Waals surface area contributed by atoms with Crippen LogP contribution in [-0.4, -0.2) is 35.7 Å². The molecule has 1 N–H and O–H groups in total. The van der Waals surface area contributed by atoms with Crippen LogP contribution in [0.1, 0.15) is 25.7 Å². The SMILES string of the molecule is C=CCCN(CCO)C1CCC1. The van der Waals surface area contributed by atoms with Gasteiger partial charge in [0.15, 0.2) is 0 Å². The zero-order valence-electron chi connectivity index (χ0n) is 7.71. The molecule has 0 bridgehead atoms. The van der Waals surface area contributed by atoms with Crippen molar-refractivity contribution < 1.29 is 5.11 Å². The van der Waals surface area contributed by atoms with Crippen LogP contribution < -0.4 is 0 Å². The van der Waals surface area contributed by atoms with E-state index in [0.717, 1.165) is 25.6 Å². The summed E-state index contributed by atoms with van der Waals surface area (Å²) in [5.74, 6) is 0. The molecule has 12 heavy (non-hydrogen) atoms. The van der Waals surface area contributed by atoms with Gasteiger partial charge >= 0.3 is 0 Å². The summed E-state index contributed by atoms with van der Waals surface area (Å²) in [4.78, 5) is 2.38. The Morgan fingerprint density at radius 2 is 2.17 bits per heavy atom. The van der Waals surface area contributed by atoms with Crippen LogP contribution in [0.15, 0.2) is 12.7 Å². The maximum absolute atomic E-state index is 8.84. The topological polar surface area (TPSA) is 23.5 Å². The van der Waals surface area contributed by atoms with E-state index in [4.69, 9.17) is 5.11 Å². The first-order valence-corrected chi connectivity index (χ1v) is 4.84.